The van der Waals surface area contributed by atoms with Crippen molar-refractivity contribution in [3.05, 3.63) is 28.8 Å². The molecule has 17 heavy (non-hydrogen) atoms. The van der Waals surface area contributed by atoms with E-state index in [1.165, 1.54) is 28.2 Å². The summed E-state index contributed by atoms with van der Waals surface area (Å²) in [5.41, 5.74) is 9.20. The fourth-order valence-corrected chi connectivity index (χ4v) is 2.48. The van der Waals surface area contributed by atoms with Crippen molar-refractivity contribution in [1.82, 2.24) is 0 Å². The van der Waals surface area contributed by atoms with Gasteiger partial charge in [0.25, 0.3) is 0 Å². The predicted molar refractivity (Wildman–Crippen MR) is 76.9 cm³/mol. The molecule has 0 atom stereocenters. The highest BCUT2D eigenvalue weighted by Gasteiger charge is 2.05. The first-order chi connectivity index (χ1) is 8.19. The van der Waals surface area contributed by atoms with E-state index in [-0.39, 0.29) is 0 Å². The van der Waals surface area contributed by atoms with Gasteiger partial charge in [-0.05, 0) is 48.5 Å². The first-order valence-corrected chi connectivity index (χ1v) is 7.35. The number of ether oxygens (including phenoxy) is 1. The number of thioether (sulfide) groups is 1. The summed E-state index contributed by atoms with van der Waals surface area (Å²) >= 11 is 1.96. The van der Waals surface area contributed by atoms with Crippen molar-refractivity contribution in [2.24, 2.45) is 5.73 Å². The standard InChI is InChI=1S/C14H23NOS/c1-4-17-7-5-6-16-14-11(2)8-13(10-15)9-12(14)3/h8-9H,4-7,10,15H2,1-3H3. The zero-order valence-corrected chi connectivity index (χ0v) is 11.9. The average Bonchev–Trinajstić information content (AvgIpc) is 2.31. The molecule has 0 aliphatic heterocycles. The Morgan fingerprint density at radius 3 is 2.41 bits per heavy atom. The Morgan fingerprint density at radius 1 is 1.24 bits per heavy atom. The maximum Gasteiger partial charge on any atom is 0.125 e. The molecule has 1 aromatic carbocycles. The largest absolute Gasteiger partial charge is 0.493 e. The van der Waals surface area contributed by atoms with Gasteiger partial charge in [0, 0.05) is 6.54 Å². The molecule has 0 amide bonds. The zero-order chi connectivity index (χ0) is 12.7. The lowest BCUT2D eigenvalue weighted by molar-refractivity contribution is 0.314. The van der Waals surface area contributed by atoms with Crippen LogP contribution in [0.15, 0.2) is 12.1 Å². The Morgan fingerprint density at radius 2 is 1.88 bits per heavy atom. The first-order valence-electron chi connectivity index (χ1n) is 6.19. The van der Waals surface area contributed by atoms with Gasteiger partial charge in [0.15, 0.2) is 0 Å². The van der Waals surface area contributed by atoms with Crippen molar-refractivity contribution < 1.29 is 4.74 Å². The molecule has 1 aromatic rings. The van der Waals surface area contributed by atoms with E-state index in [0.29, 0.717) is 6.54 Å². The highest BCUT2D eigenvalue weighted by molar-refractivity contribution is 7.99. The smallest absolute Gasteiger partial charge is 0.125 e. The quantitative estimate of drug-likeness (QED) is 0.757. The van der Waals surface area contributed by atoms with Crippen molar-refractivity contribution in [3.63, 3.8) is 0 Å². The van der Waals surface area contributed by atoms with Gasteiger partial charge in [-0.25, -0.2) is 0 Å². The molecule has 0 bridgehead atoms. The SMILES string of the molecule is CCSCCCOc1c(C)cc(CN)cc1C. The minimum absolute atomic E-state index is 0.592. The fraction of sp³-hybridized carbons (Fsp3) is 0.571. The Balaban J connectivity index is 2.53. The second-order valence-electron chi connectivity index (χ2n) is 4.16. The number of benzene rings is 1. The molecule has 0 spiro atoms. The third kappa shape index (κ3) is 4.60. The lowest BCUT2D eigenvalue weighted by Crippen LogP contribution is -2.04. The summed E-state index contributed by atoms with van der Waals surface area (Å²) in [6, 6.07) is 4.23. The number of hydrogen-bond acceptors (Lipinski definition) is 3. The highest BCUT2D eigenvalue weighted by atomic mass is 32.2. The molecule has 0 unspecified atom stereocenters. The van der Waals surface area contributed by atoms with Gasteiger partial charge >= 0.3 is 0 Å². The van der Waals surface area contributed by atoms with Gasteiger partial charge < -0.3 is 10.5 Å². The van der Waals surface area contributed by atoms with Gasteiger partial charge in [-0.15, -0.1) is 0 Å². The molecule has 0 saturated heterocycles. The van der Waals surface area contributed by atoms with Crippen LogP contribution in [0, 0.1) is 13.8 Å². The minimum atomic E-state index is 0.592. The van der Waals surface area contributed by atoms with Gasteiger partial charge in [-0.2, -0.15) is 11.8 Å². The van der Waals surface area contributed by atoms with E-state index in [0.717, 1.165) is 18.8 Å². The van der Waals surface area contributed by atoms with Crippen LogP contribution in [0.4, 0.5) is 0 Å². The normalized spacial score (nSPS) is 10.6. The highest BCUT2D eigenvalue weighted by Crippen LogP contribution is 2.24. The van der Waals surface area contributed by atoms with Crippen LogP contribution in [0.1, 0.15) is 30.0 Å². The van der Waals surface area contributed by atoms with E-state index in [2.05, 4.69) is 32.9 Å². The van der Waals surface area contributed by atoms with E-state index in [1.54, 1.807) is 0 Å². The zero-order valence-electron chi connectivity index (χ0n) is 11.1. The Bertz CT molecular complexity index is 329. The number of nitrogens with two attached hydrogens (primary N) is 1. The van der Waals surface area contributed by atoms with Crippen molar-refractivity contribution in [2.45, 2.75) is 33.7 Å². The number of rotatable bonds is 7. The van der Waals surface area contributed by atoms with Crippen LogP contribution in [0.2, 0.25) is 0 Å². The van der Waals surface area contributed by atoms with Gasteiger partial charge in [-0.3, -0.25) is 0 Å². The Kier molecular flexibility index (Phi) is 6.45. The number of hydrogen-bond donors (Lipinski definition) is 1. The van der Waals surface area contributed by atoms with Gasteiger partial charge in [0.1, 0.15) is 5.75 Å². The van der Waals surface area contributed by atoms with Gasteiger partial charge in [0.05, 0.1) is 6.61 Å². The maximum atomic E-state index is 5.86. The summed E-state index contributed by atoms with van der Waals surface area (Å²) in [4.78, 5) is 0. The van der Waals surface area contributed by atoms with Crippen LogP contribution in [0.5, 0.6) is 5.75 Å². The van der Waals surface area contributed by atoms with Crippen LogP contribution in [-0.4, -0.2) is 18.1 Å². The Hall–Kier alpha value is -0.670. The van der Waals surface area contributed by atoms with Crippen LogP contribution >= 0.6 is 11.8 Å². The van der Waals surface area contributed by atoms with Crippen molar-refractivity contribution >= 4 is 11.8 Å². The van der Waals surface area contributed by atoms with Crippen molar-refractivity contribution in [2.75, 3.05) is 18.1 Å². The second kappa shape index (κ2) is 7.62. The molecule has 0 aromatic heterocycles. The summed E-state index contributed by atoms with van der Waals surface area (Å²) in [5, 5.41) is 0. The Labute approximate surface area is 109 Å². The lowest BCUT2D eigenvalue weighted by Gasteiger charge is -2.13. The molecule has 2 N–H and O–H groups in total. The topological polar surface area (TPSA) is 35.2 Å². The van der Waals surface area contributed by atoms with Gasteiger partial charge in [-0.1, -0.05) is 19.1 Å². The van der Waals surface area contributed by atoms with E-state index in [4.69, 9.17) is 10.5 Å². The van der Waals surface area contributed by atoms with E-state index in [1.807, 2.05) is 11.8 Å². The third-order valence-corrected chi connectivity index (χ3v) is 3.62. The first kappa shape index (κ1) is 14.4. The summed E-state index contributed by atoms with van der Waals surface area (Å²) in [6.07, 6.45) is 1.11. The second-order valence-corrected chi connectivity index (χ2v) is 5.56. The van der Waals surface area contributed by atoms with E-state index < -0.39 is 0 Å². The third-order valence-electron chi connectivity index (χ3n) is 2.64. The van der Waals surface area contributed by atoms with E-state index in [9.17, 15) is 0 Å². The van der Waals surface area contributed by atoms with Gasteiger partial charge in [0.2, 0.25) is 0 Å². The van der Waals surface area contributed by atoms with Crippen LogP contribution < -0.4 is 10.5 Å². The fourth-order valence-electron chi connectivity index (χ4n) is 1.87. The van der Waals surface area contributed by atoms with E-state index >= 15 is 0 Å². The summed E-state index contributed by atoms with van der Waals surface area (Å²) in [7, 11) is 0. The van der Waals surface area contributed by atoms with Crippen LogP contribution in [-0.2, 0) is 6.54 Å². The molecule has 1 rings (SSSR count). The molecule has 2 nitrogen and oxygen atoms in total. The molecule has 3 heteroatoms. The summed E-state index contributed by atoms with van der Waals surface area (Å²) < 4.78 is 5.86. The molecular formula is C14H23NOS. The average molecular weight is 253 g/mol. The summed E-state index contributed by atoms with van der Waals surface area (Å²) in [6.45, 7) is 7.75. The molecule has 0 aliphatic carbocycles. The molecule has 0 saturated carbocycles. The molecule has 0 heterocycles. The number of aryl methyl sites for hydroxylation is 2. The van der Waals surface area contributed by atoms with Crippen molar-refractivity contribution in [1.29, 1.82) is 0 Å². The minimum Gasteiger partial charge on any atom is -0.493 e. The van der Waals surface area contributed by atoms with Crippen LogP contribution in [0.3, 0.4) is 0 Å². The lowest BCUT2D eigenvalue weighted by atomic mass is 10.1. The summed E-state index contributed by atoms with van der Waals surface area (Å²) in [5.74, 6) is 3.39. The molecule has 0 radical (unpaired) electrons. The monoisotopic (exact) mass is 253 g/mol. The molecule has 0 fully saturated rings. The maximum absolute atomic E-state index is 5.86. The molecular weight excluding hydrogens is 230 g/mol. The predicted octanol–water partition coefficient (Wildman–Crippen LogP) is 3.28. The molecule has 96 valence electrons. The molecule has 0 aliphatic rings. The van der Waals surface area contributed by atoms with Crippen LogP contribution in [0.25, 0.3) is 0 Å². The van der Waals surface area contributed by atoms with Crippen molar-refractivity contribution in [3.8, 4) is 5.75 Å².